The Balaban J connectivity index is 2.49. The second-order valence-electron chi connectivity index (χ2n) is 5.61. The number of anilines is 1. The first-order valence-corrected chi connectivity index (χ1v) is 9.23. The fourth-order valence-electron chi connectivity index (χ4n) is 2.62. The van der Waals surface area contributed by atoms with E-state index in [1.54, 1.807) is 33.1 Å². The summed E-state index contributed by atoms with van der Waals surface area (Å²) in [7, 11) is 2.14. The molecule has 1 N–H and O–H groups in total. The van der Waals surface area contributed by atoms with Crippen LogP contribution in [0.4, 0.5) is 5.69 Å². The van der Waals surface area contributed by atoms with Crippen molar-refractivity contribution >= 4 is 15.7 Å². The summed E-state index contributed by atoms with van der Waals surface area (Å²) >= 11 is 0. The number of hydrogen-bond acceptors (Lipinski definition) is 6. The molecule has 0 atom stereocenters. The number of nitrogens with one attached hydrogen (secondary N) is 1. The first-order chi connectivity index (χ1) is 12.3. The SMILES string of the molecule is COc1cc(C)c(S(=O)(=O)Nc2cc(OC)c(OC)c(OC)c2)cc1C. The van der Waals surface area contributed by atoms with Gasteiger partial charge in [0.2, 0.25) is 5.75 Å². The van der Waals surface area contributed by atoms with E-state index in [9.17, 15) is 8.42 Å². The van der Waals surface area contributed by atoms with E-state index < -0.39 is 10.0 Å². The lowest BCUT2D eigenvalue weighted by Crippen LogP contribution is -2.15. The van der Waals surface area contributed by atoms with Crippen LogP contribution in [-0.2, 0) is 10.0 Å². The second-order valence-corrected chi connectivity index (χ2v) is 7.26. The van der Waals surface area contributed by atoms with Crippen LogP contribution in [0.15, 0.2) is 29.2 Å². The Morgan fingerprint density at radius 3 is 1.73 bits per heavy atom. The first kappa shape index (κ1) is 19.7. The minimum Gasteiger partial charge on any atom is -0.496 e. The number of rotatable bonds is 7. The highest BCUT2D eigenvalue weighted by Gasteiger charge is 2.21. The summed E-state index contributed by atoms with van der Waals surface area (Å²) in [4.78, 5) is 0.171. The van der Waals surface area contributed by atoms with Gasteiger partial charge in [0.15, 0.2) is 11.5 Å². The number of sulfonamides is 1. The molecule has 142 valence electrons. The lowest BCUT2D eigenvalue weighted by molar-refractivity contribution is 0.325. The average molecular weight is 381 g/mol. The van der Waals surface area contributed by atoms with Crippen LogP contribution in [0.25, 0.3) is 0 Å². The standard InChI is InChI=1S/C18H23NO6S/c1-11-8-17(12(2)7-14(11)22-3)26(20,21)19-13-9-15(23-4)18(25-6)16(10-13)24-5/h7-10,19H,1-6H3. The van der Waals surface area contributed by atoms with E-state index in [1.165, 1.54) is 33.5 Å². The predicted octanol–water partition coefficient (Wildman–Crippen LogP) is 3.14. The van der Waals surface area contributed by atoms with E-state index in [1.807, 2.05) is 0 Å². The summed E-state index contributed by atoms with van der Waals surface area (Å²) in [6, 6.07) is 6.34. The molecule has 0 heterocycles. The smallest absolute Gasteiger partial charge is 0.262 e. The zero-order chi connectivity index (χ0) is 19.5. The van der Waals surface area contributed by atoms with Crippen molar-refractivity contribution in [3.8, 4) is 23.0 Å². The zero-order valence-corrected chi connectivity index (χ0v) is 16.5. The van der Waals surface area contributed by atoms with Crippen LogP contribution in [0.3, 0.4) is 0 Å². The predicted molar refractivity (Wildman–Crippen MR) is 99.4 cm³/mol. The van der Waals surface area contributed by atoms with Crippen LogP contribution < -0.4 is 23.7 Å². The van der Waals surface area contributed by atoms with E-state index >= 15 is 0 Å². The van der Waals surface area contributed by atoms with Gasteiger partial charge in [-0.2, -0.15) is 0 Å². The molecule has 2 rings (SSSR count). The zero-order valence-electron chi connectivity index (χ0n) is 15.7. The molecule has 0 bridgehead atoms. The summed E-state index contributed by atoms with van der Waals surface area (Å²) in [6.45, 7) is 3.50. The van der Waals surface area contributed by atoms with Crippen molar-refractivity contribution in [2.75, 3.05) is 33.2 Å². The van der Waals surface area contributed by atoms with Gasteiger partial charge < -0.3 is 18.9 Å². The average Bonchev–Trinajstić information content (AvgIpc) is 2.61. The first-order valence-electron chi connectivity index (χ1n) is 7.75. The Kier molecular flexibility index (Phi) is 5.86. The molecule has 26 heavy (non-hydrogen) atoms. The van der Waals surface area contributed by atoms with Crippen LogP contribution >= 0.6 is 0 Å². The number of ether oxygens (including phenoxy) is 4. The Morgan fingerprint density at radius 2 is 1.27 bits per heavy atom. The topological polar surface area (TPSA) is 83.1 Å². The van der Waals surface area contributed by atoms with E-state index in [0.717, 1.165) is 5.56 Å². The molecular weight excluding hydrogens is 358 g/mol. The van der Waals surface area contributed by atoms with E-state index in [-0.39, 0.29) is 4.90 Å². The quantitative estimate of drug-likeness (QED) is 0.793. The van der Waals surface area contributed by atoms with Gasteiger partial charge in [-0.15, -0.1) is 0 Å². The van der Waals surface area contributed by atoms with Crippen molar-refractivity contribution in [3.05, 3.63) is 35.4 Å². The van der Waals surface area contributed by atoms with Crippen LogP contribution in [0, 0.1) is 13.8 Å². The summed E-state index contributed by atoms with van der Waals surface area (Å²) in [5, 5.41) is 0. The van der Waals surface area contributed by atoms with Gasteiger partial charge in [-0.05, 0) is 37.1 Å². The van der Waals surface area contributed by atoms with Crippen LogP contribution in [-0.4, -0.2) is 36.9 Å². The molecule has 0 saturated carbocycles. The van der Waals surface area contributed by atoms with Crippen molar-refractivity contribution in [1.29, 1.82) is 0 Å². The molecule has 7 nitrogen and oxygen atoms in total. The normalized spacial score (nSPS) is 11.0. The molecule has 0 unspecified atom stereocenters. The maximum atomic E-state index is 12.9. The molecule has 2 aromatic carbocycles. The summed E-state index contributed by atoms with van der Waals surface area (Å²) < 4.78 is 49.3. The van der Waals surface area contributed by atoms with Gasteiger partial charge in [0.25, 0.3) is 10.0 Å². The number of hydrogen-bond donors (Lipinski definition) is 1. The summed E-state index contributed by atoms with van der Waals surface area (Å²) in [5.41, 5.74) is 1.60. The highest BCUT2D eigenvalue weighted by Crippen LogP contribution is 2.40. The maximum absolute atomic E-state index is 12.9. The minimum atomic E-state index is -3.82. The van der Waals surface area contributed by atoms with Gasteiger partial charge >= 0.3 is 0 Å². The molecule has 2 aromatic rings. The maximum Gasteiger partial charge on any atom is 0.262 e. The molecule has 0 aromatic heterocycles. The Bertz CT molecular complexity index is 883. The van der Waals surface area contributed by atoms with Crippen molar-refractivity contribution < 1.29 is 27.4 Å². The lowest BCUT2D eigenvalue weighted by atomic mass is 10.1. The van der Waals surface area contributed by atoms with Gasteiger partial charge in [0, 0.05) is 12.1 Å². The molecule has 0 amide bonds. The van der Waals surface area contributed by atoms with Crippen LogP contribution in [0.1, 0.15) is 11.1 Å². The van der Waals surface area contributed by atoms with Gasteiger partial charge in [0.05, 0.1) is 39.0 Å². The van der Waals surface area contributed by atoms with Crippen molar-refractivity contribution in [3.63, 3.8) is 0 Å². The molecule has 0 fully saturated rings. The monoisotopic (exact) mass is 381 g/mol. The summed E-state index contributed by atoms with van der Waals surface area (Å²) in [5.74, 6) is 1.73. The molecule has 0 saturated heterocycles. The molecule has 0 aliphatic heterocycles. The second kappa shape index (κ2) is 7.74. The number of benzene rings is 2. The van der Waals surface area contributed by atoms with E-state index in [2.05, 4.69) is 4.72 Å². The fraction of sp³-hybridized carbons (Fsp3) is 0.333. The third-order valence-corrected chi connectivity index (χ3v) is 5.42. The lowest BCUT2D eigenvalue weighted by Gasteiger charge is -2.16. The molecular formula is C18H23NO6S. The summed E-state index contributed by atoms with van der Waals surface area (Å²) in [6.07, 6.45) is 0. The Hall–Kier alpha value is -2.61. The van der Waals surface area contributed by atoms with Crippen LogP contribution in [0.2, 0.25) is 0 Å². The molecule has 0 radical (unpaired) electrons. The molecule has 0 aliphatic rings. The molecule has 0 aliphatic carbocycles. The number of methoxy groups -OCH3 is 4. The highest BCUT2D eigenvalue weighted by atomic mass is 32.2. The van der Waals surface area contributed by atoms with Gasteiger partial charge in [-0.3, -0.25) is 4.72 Å². The Labute approximate surface area is 153 Å². The van der Waals surface area contributed by atoms with Crippen LogP contribution in [0.5, 0.6) is 23.0 Å². The van der Waals surface area contributed by atoms with Gasteiger partial charge in [0.1, 0.15) is 5.75 Å². The molecule has 8 heteroatoms. The third kappa shape index (κ3) is 3.80. The van der Waals surface area contributed by atoms with Gasteiger partial charge in [-0.25, -0.2) is 8.42 Å². The number of aryl methyl sites for hydroxylation is 2. The largest absolute Gasteiger partial charge is 0.496 e. The molecule has 0 spiro atoms. The van der Waals surface area contributed by atoms with Crippen molar-refractivity contribution in [2.45, 2.75) is 18.7 Å². The van der Waals surface area contributed by atoms with E-state index in [0.29, 0.717) is 34.2 Å². The third-order valence-electron chi connectivity index (χ3n) is 3.90. The van der Waals surface area contributed by atoms with Crippen molar-refractivity contribution in [2.24, 2.45) is 0 Å². The fourth-order valence-corrected chi connectivity index (χ4v) is 3.98. The van der Waals surface area contributed by atoms with Crippen molar-refractivity contribution in [1.82, 2.24) is 0 Å². The highest BCUT2D eigenvalue weighted by molar-refractivity contribution is 7.92. The minimum absolute atomic E-state index is 0.171. The Morgan fingerprint density at radius 1 is 0.731 bits per heavy atom. The van der Waals surface area contributed by atoms with E-state index in [4.69, 9.17) is 18.9 Å². The van der Waals surface area contributed by atoms with Gasteiger partial charge in [-0.1, -0.05) is 0 Å².